The smallest absolute Gasteiger partial charge is 0.292 e. The van der Waals surface area contributed by atoms with Crippen LogP contribution in [0.25, 0.3) is 0 Å². The summed E-state index contributed by atoms with van der Waals surface area (Å²) in [6.45, 7) is 0.872. The molecule has 200 valence electrons. The van der Waals surface area contributed by atoms with Crippen molar-refractivity contribution in [3.8, 4) is 11.5 Å². The highest BCUT2D eigenvalue weighted by atomic mass is 16.5. The minimum Gasteiger partial charge on any atom is -0.493 e. The average Bonchev–Trinajstić information content (AvgIpc) is 3.73. The molecule has 0 saturated carbocycles. The SMILES string of the molecule is COc1ccc(C(=O)N2CCC3(CC2)OCC(C(=O)NCc2ccco2)N3C(=O)c2ccco2)cc1OC. The molecule has 2 aliphatic rings. The predicted octanol–water partition coefficient (Wildman–Crippen LogP) is 2.68. The number of piperidine rings is 1. The molecule has 3 amide bonds. The largest absolute Gasteiger partial charge is 0.493 e. The van der Waals surface area contributed by atoms with Gasteiger partial charge in [-0.15, -0.1) is 0 Å². The highest BCUT2D eigenvalue weighted by molar-refractivity contribution is 5.97. The first-order valence-corrected chi connectivity index (χ1v) is 12.3. The summed E-state index contributed by atoms with van der Waals surface area (Å²) in [5.74, 6) is 0.734. The van der Waals surface area contributed by atoms with Crippen LogP contribution in [-0.4, -0.2) is 73.2 Å². The van der Waals surface area contributed by atoms with E-state index in [4.69, 9.17) is 23.0 Å². The maximum Gasteiger partial charge on any atom is 0.292 e. The number of ether oxygens (including phenoxy) is 3. The standard InChI is InChI=1S/C27H29N3O8/c1-34-21-8-7-18(15-23(21)35-2)25(32)29-11-9-27(10-12-29)30(26(33)22-6-4-14-37-22)20(17-38-27)24(31)28-16-19-5-3-13-36-19/h3-8,13-15,20H,9-12,16-17H2,1-2H3,(H,28,31). The number of likely N-dealkylation sites (tertiary alicyclic amines) is 1. The van der Waals surface area contributed by atoms with Gasteiger partial charge >= 0.3 is 0 Å². The third-order valence-electron chi connectivity index (χ3n) is 6.99. The van der Waals surface area contributed by atoms with Crippen molar-refractivity contribution in [2.45, 2.75) is 31.2 Å². The van der Waals surface area contributed by atoms with E-state index in [1.807, 2.05) is 0 Å². The van der Waals surface area contributed by atoms with Crippen LogP contribution in [0.2, 0.25) is 0 Å². The zero-order valence-corrected chi connectivity index (χ0v) is 21.2. The zero-order chi connectivity index (χ0) is 26.7. The normalized spacial score (nSPS) is 18.4. The third-order valence-corrected chi connectivity index (χ3v) is 6.99. The van der Waals surface area contributed by atoms with Crippen LogP contribution in [0.3, 0.4) is 0 Å². The molecule has 2 saturated heterocycles. The number of furan rings is 2. The van der Waals surface area contributed by atoms with Gasteiger partial charge in [0.25, 0.3) is 11.8 Å². The maximum atomic E-state index is 13.5. The number of hydrogen-bond acceptors (Lipinski definition) is 8. The van der Waals surface area contributed by atoms with Gasteiger partial charge in [-0.1, -0.05) is 0 Å². The van der Waals surface area contributed by atoms with Gasteiger partial charge in [-0.25, -0.2) is 0 Å². The molecule has 0 bridgehead atoms. The number of nitrogens with zero attached hydrogens (tertiary/aromatic N) is 2. The maximum absolute atomic E-state index is 13.5. The Morgan fingerprint density at radius 3 is 2.37 bits per heavy atom. The van der Waals surface area contributed by atoms with Crippen LogP contribution in [-0.2, 0) is 16.1 Å². The Morgan fingerprint density at radius 1 is 0.974 bits per heavy atom. The fourth-order valence-corrected chi connectivity index (χ4v) is 5.00. The molecule has 5 rings (SSSR count). The molecule has 1 spiro atoms. The lowest BCUT2D eigenvalue weighted by Crippen LogP contribution is -2.59. The van der Waals surface area contributed by atoms with E-state index in [0.29, 0.717) is 48.8 Å². The van der Waals surface area contributed by atoms with Gasteiger partial charge < -0.3 is 33.3 Å². The monoisotopic (exact) mass is 523 g/mol. The van der Waals surface area contributed by atoms with E-state index in [1.165, 1.54) is 31.6 Å². The molecule has 1 aromatic carbocycles. The van der Waals surface area contributed by atoms with Crippen LogP contribution in [0, 0.1) is 0 Å². The van der Waals surface area contributed by atoms with E-state index in [-0.39, 0.29) is 30.7 Å². The molecule has 2 aromatic heterocycles. The van der Waals surface area contributed by atoms with E-state index >= 15 is 0 Å². The Bertz CT molecular complexity index is 1280. The lowest BCUT2D eigenvalue weighted by molar-refractivity contribution is -0.128. The predicted molar refractivity (Wildman–Crippen MR) is 133 cm³/mol. The van der Waals surface area contributed by atoms with E-state index < -0.39 is 17.7 Å². The van der Waals surface area contributed by atoms with Crippen molar-refractivity contribution >= 4 is 17.7 Å². The summed E-state index contributed by atoms with van der Waals surface area (Å²) >= 11 is 0. The van der Waals surface area contributed by atoms with Crippen LogP contribution in [0.4, 0.5) is 0 Å². The first-order valence-electron chi connectivity index (χ1n) is 12.3. The van der Waals surface area contributed by atoms with E-state index in [0.717, 1.165) is 0 Å². The molecule has 0 radical (unpaired) electrons. The van der Waals surface area contributed by atoms with Crippen LogP contribution in [0.1, 0.15) is 39.5 Å². The van der Waals surface area contributed by atoms with Gasteiger partial charge in [0.05, 0.1) is 39.9 Å². The van der Waals surface area contributed by atoms with Gasteiger partial charge in [-0.3, -0.25) is 19.3 Å². The molecule has 0 aliphatic carbocycles. The molecule has 1 N–H and O–H groups in total. The summed E-state index contributed by atoms with van der Waals surface area (Å²) in [6, 6.07) is 10.8. The molecule has 2 fully saturated rings. The molecule has 38 heavy (non-hydrogen) atoms. The molecule has 11 heteroatoms. The average molecular weight is 524 g/mol. The van der Waals surface area contributed by atoms with Crippen molar-refractivity contribution in [2.24, 2.45) is 0 Å². The molecule has 1 atom stereocenters. The summed E-state index contributed by atoms with van der Waals surface area (Å²) in [6.07, 6.45) is 3.60. The van der Waals surface area contributed by atoms with Crippen molar-refractivity contribution in [1.29, 1.82) is 0 Å². The second-order valence-electron chi connectivity index (χ2n) is 9.08. The third kappa shape index (κ3) is 4.72. The number of carbonyl (C=O) groups is 3. The van der Waals surface area contributed by atoms with Crippen LogP contribution >= 0.6 is 0 Å². The molecule has 2 aliphatic heterocycles. The Balaban J connectivity index is 1.33. The van der Waals surface area contributed by atoms with Crippen molar-refractivity contribution < 1.29 is 37.4 Å². The van der Waals surface area contributed by atoms with Gasteiger partial charge in [0.1, 0.15) is 17.5 Å². The molecule has 1 unspecified atom stereocenters. The summed E-state index contributed by atoms with van der Waals surface area (Å²) in [5.41, 5.74) is -0.588. The topological polar surface area (TPSA) is 124 Å². The molecule has 4 heterocycles. The Hall–Kier alpha value is -4.25. The lowest BCUT2D eigenvalue weighted by Gasteiger charge is -2.44. The van der Waals surface area contributed by atoms with Crippen LogP contribution in [0.5, 0.6) is 11.5 Å². The fraction of sp³-hybridized carbons (Fsp3) is 0.370. The van der Waals surface area contributed by atoms with Crippen molar-refractivity contribution in [3.05, 3.63) is 72.1 Å². The van der Waals surface area contributed by atoms with Crippen molar-refractivity contribution in [2.75, 3.05) is 33.9 Å². The number of hydrogen-bond donors (Lipinski definition) is 1. The van der Waals surface area contributed by atoms with Crippen LogP contribution < -0.4 is 14.8 Å². The van der Waals surface area contributed by atoms with Gasteiger partial charge in [0.2, 0.25) is 5.91 Å². The van der Waals surface area contributed by atoms with E-state index in [1.54, 1.807) is 47.4 Å². The number of carbonyl (C=O) groups excluding carboxylic acids is 3. The Labute approximate surface area is 219 Å². The van der Waals surface area contributed by atoms with Gasteiger partial charge in [-0.2, -0.15) is 0 Å². The fourth-order valence-electron chi connectivity index (χ4n) is 5.00. The van der Waals surface area contributed by atoms with Gasteiger partial charge in [0.15, 0.2) is 17.3 Å². The summed E-state index contributed by atoms with van der Waals surface area (Å²) in [5, 5.41) is 2.82. The van der Waals surface area contributed by atoms with E-state index in [2.05, 4.69) is 5.32 Å². The molecule has 11 nitrogen and oxygen atoms in total. The first kappa shape index (κ1) is 25.4. The summed E-state index contributed by atoms with van der Waals surface area (Å²) < 4.78 is 27.4. The van der Waals surface area contributed by atoms with E-state index in [9.17, 15) is 14.4 Å². The minimum absolute atomic E-state index is 0.0278. The molecular weight excluding hydrogens is 494 g/mol. The minimum atomic E-state index is -1.05. The lowest BCUT2D eigenvalue weighted by atomic mass is 9.96. The molecule has 3 aromatic rings. The highest BCUT2D eigenvalue weighted by Gasteiger charge is 2.54. The van der Waals surface area contributed by atoms with Gasteiger partial charge in [-0.05, 0) is 42.5 Å². The number of nitrogens with one attached hydrogen (secondary N) is 1. The Kier molecular flexibility index (Phi) is 7.10. The van der Waals surface area contributed by atoms with Crippen molar-refractivity contribution in [3.63, 3.8) is 0 Å². The second kappa shape index (κ2) is 10.6. The summed E-state index contributed by atoms with van der Waals surface area (Å²) in [4.78, 5) is 43.2. The van der Waals surface area contributed by atoms with Gasteiger partial charge in [0, 0.05) is 31.5 Å². The first-order chi connectivity index (χ1) is 18.5. The second-order valence-corrected chi connectivity index (χ2v) is 9.08. The van der Waals surface area contributed by atoms with Crippen molar-refractivity contribution in [1.82, 2.24) is 15.1 Å². The molecular formula is C27H29N3O8. The number of amides is 3. The zero-order valence-electron chi connectivity index (χ0n) is 21.2. The number of rotatable bonds is 7. The quantitative estimate of drug-likeness (QED) is 0.501. The summed E-state index contributed by atoms with van der Waals surface area (Å²) in [7, 11) is 3.05. The Morgan fingerprint density at radius 2 is 1.71 bits per heavy atom. The van der Waals surface area contributed by atoms with Crippen LogP contribution in [0.15, 0.2) is 63.8 Å². The highest BCUT2D eigenvalue weighted by Crippen LogP contribution is 2.39. The number of methoxy groups -OCH3 is 2. The number of benzene rings is 1.